The summed E-state index contributed by atoms with van der Waals surface area (Å²) in [6, 6.07) is 10.9. The van der Waals surface area contributed by atoms with E-state index in [4.69, 9.17) is 13.9 Å². The fourth-order valence-electron chi connectivity index (χ4n) is 3.00. The molecule has 1 aliphatic rings. The number of benzene rings is 1. The van der Waals surface area contributed by atoms with Crippen molar-refractivity contribution in [1.82, 2.24) is 20.5 Å². The number of carbonyl (C=O) groups excluding carboxylic acids is 1. The van der Waals surface area contributed by atoms with Gasteiger partial charge in [0.25, 0.3) is 5.91 Å². The van der Waals surface area contributed by atoms with Gasteiger partial charge in [-0.15, -0.1) is 11.3 Å². The molecule has 0 atom stereocenters. The number of thiazole rings is 1. The highest BCUT2D eigenvalue weighted by molar-refractivity contribution is 7.15. The van der Waals surface area contributed by atoms with Crippen LogP contribution in [-0.2, 0) is 6.54 Å². The number of carbonyl (C=O) groups is 1. The van der Waals surface area contributed by atoms with Crippen LogP contribution in [0.4, 0.5) is 0 Å². The van der Waals surface area contributed by atoms with Crippen LogP contribution in [0.25, 0.3) is 22.0 Å². The zero-order valence-corrected chi connectivity index (χ0v) is 16.2. The molecule has 0 saturated heterocycles. The van der Waals surface area contributed by atoms with E-state index in [1.807, 2.05) is 37.3 Å². The van der Waals surface area contributed by atoms with Gasteiger partial charge in [0.1, 0.15) is 5.69 Å². The molecule has 0 bridgehead atoms. The van der Waals surface area contributed by atoms with E-state index >= 15 is 0 Å². The Morgan fingerprint density at radius 3 is 3.00 bits per heavy atom. The summed E-state index contributed by atoms with van der Waals surface area (Å²) >= 11 is 1.50. The van der Waals surface area contributed by atoms with E-state index in [1.165, 1.54) is 11.3 Å². The Balaban J connectivity index is 1.28. The first-order chi connectivity index (χ1) is 14.2. The predicted octanol–water partition coefficient (Wildman–Crippen LogP) is 3.76. The number of aryl methyl sites for hydroxylation is 1. The van der Waals surface area contributed by atoms with Crippen molar-refractivity contribution < 1.29 is 18.7 Å². The summed E-state index contributed by atoms with van der Waals surface area (Å²) in [4.78, 5) is 18.0. The number of hydrogen-bond donors (Lipinski definition) is 2. The Morgan fingerprint density at radius 2 is 2.14 bits per heavy atom. The van der Waals surface area contributed by atoms with Crippen LogP contribution >= 0.6 is 11.3 Å². The second-order valence-corrected chi connectivity index (χ2v) is 7.51. The van der Waals surface area contributed by atoms with Crippen LogP contribution in [0.2, 0.25) is 0 Å². The fourth-order valence-corrected chi connectivity index (χ4v) is 3.97. The van der Waals surface area contributed by atoms with Crippen molar-refractivity contribution >= 4 is 17.2 Å². The molecule has 4 heterocycles. The maximum Gasteiger partial charge on any atom is 0.269 e. The van der Waals surface area contributed by atoms with Gasteiger partial charge >= 0.3 is 0 Å². The topological polar surface area (TPSA) is 102 Å². The summed E-state index contributed by atoms with van der Waals surface area (Å²) in [5.41, 5.74) is 2.74. The van der Waals surface area contributed by atoms with Gasteiger partial charge in [0, 0.05) is 10.4 Å². The van der Waals surface area contributed by atoms with Crippen LogP contribution in [0, 0.1) is 6.92 Å². The number of nitrogens with zero attached hydrogens (tertiary/aromatic N) is 2. The van der Waals surface area contributed by atoms with Crippen LogP contribution in [0.1, 0.15) is 21.1 Å². The molecule has 2 N–H and O–H groups in total. The molecule has 8 nitrogen and oxygen atoms in total. The van der Waals surface area contributed by atoms with Gasteiger partial charge in [-0.2, -0.15) is 5.10 Å². The molecule has 0 unspecified atom stereocenters. The highest BCUT2D eigenvalue weighted by atomic mass is 32.1. The van der Waals surface area contributed by atoms with Gasteiger partial charge in [0.05, 0.1) is 24.2 Å². The molecule has 0 fully saturated rings. The molecule has 146 valence electrons. The predicted molar refractivity (Wildman–Crippen MR) is 106 cm³/mol. The zero-order chi connectivity index (χ0) is 19.8. The van der Waals surface area contributed by atoms with Gasteiger partial charge in [-0.3, -0.25) is 9.89 Å². The van der Waals surface area contributed by atoms with Crippen molar-refractivity contribution in [1.29, 1.82) is 0 Å². The first-order valence-electron chi connectivity index (χ1n) is 8.91. The van der Waals surface area contributed by atoms with Gasteiger partial charge in [-0.05, 0) is 43.3 Å². The van der Waals surface area contributed by atoms with Gasteiger partial charge < -0.3 is 19.2 Å². The van der Waals surface area contributed by atoms with Gasteiger partial charge in [0.2, 0.25) is 6.79 Å². The van der Waals surface area contributed by atoms with E-state index < -0.39 is 0 Å². The van der Waals surface area contributed by atoms with Crippen LogP contribution in [0.5, 0.6) is 11.5 Å². The van der Waals surface area contributed by atoms with Gasteiger partial charge in [-0.1, -0.05) is 0 Å². The molecule has 0 saturated carbocycles. The summed E-state index contributed by atoms with van der Waals surface area (Å²) in [5.74, 6) is 1.86. The number of furan rings is 1. The minimum Gasteiger partial charge on any atom is -0.462 e. The van der Waals surface area contributed by atoms with E-state index in [9.17, 15) is 4.79 Å². The van der Waals surface area contributed by atoms with Crippen molar-refractivity contribution in [3.63, 3.8) is 0 Å². The number of hydrogen-bond acceptors (Lipinski definition) is 7. The Bertz CT molecular complexity index is 1180. The highest BCUT2D eigenvalue weighted by Crippen LogP contribution is 2.35. The van der Waals surface area contributed by atoms with Gasteiger partial charge in [-0.25, -0.2) is 4.98 Å². The number of ether oxygens (including phenoxy) is 2. The third kappa shape index (κ3) is 3.36. The standard InChI is InChI=1S/C20H16N4O4S/c1-11-18(29-20(22-11)16-3-2-6-26-16)9-21-19(25)14-8-13(23-24-14)12-4-5-15-17(7-12)28-10-27-15/h2-8H,9-10H2,1H3,(H,21,25)(H,23,24). The first kappa shape index (κ1) is 17.5. The number of amides is 1. The van der Waals surface area contributed by atoms with Crippen LogP contribution < -0.4 is 14.8 Å². The first-order valence-corrected chi connectivity index (χ1v) is 9.73. The Labute approximate surface area is 169 Å². The molecular weight excluding hydrogens is 392 g/mol. The van der Waals surface area contributed by atoms with Crippen molar-refractivity contribution in [3.05, 3.63) is 58.9 Å². The quantitative estimate of drug-likeness (QED) is 0.521. The third-order valence-corrected chi connectivity index (χ3v) is 5.70. The molecule has 5 rings (SSSR count). The summed E-state index contributed by atoms with van der Waals surface area (Å²) in [6.07, 6.45) is 1.61. The van der Waals surface area contributed by atoms with Crippen LogP contribution in [-0.4, -0.2) is 27.9 Å². The van der Waals surface area contributed by atoms with E-state index in [1.54, 1.807) is 12.3 Å². The van der Waals surface area contributed by atoms with Gasteiger partial charge in [0.15, 0.2) is 22.3 Å². The van der Waals surface area contributed by atoms with Crippen LogP contribution in [0.15, 0.2) is 47.1 Å². The lowest BCUT2D eigenvalue weighted by molar-refractivity contribution is 0.0946. The Hall–Kier alpha value is -3.59. The smallest absolute Gasteiger partial charge is 0.269 e. The van der Waals surface area contributed by atoms with E-state index in [0.29, 0.717) is 29.4 Å². The molecule has 3 aromatic heterocycles. The van der Waals surface area contributed by atoms with E-state index in [-0.39, 0.29) is 12.7 Å². The number of aromatic amines is 1. The summed E-state index contributed by atoms with van der Waals surface area (Å²) in [5, 5.41) is 10.7. The van der Waals surface area contributed by atoms with E-state index in [2.05, 4.69) is 20.5 Å². The number of H-pyrrole nitrogens is 1. The molecular formula is C20H16N4O4S. The minimum absolute atomic E-state index is 0.214. The number of aromatic nitrogens is 3. The molecule has 0 spiro atoms. The second-order valence-electron chi connectivity index (χ2n) is 6.42. The average Bonchev–Trinajstić information content (AvgIpc) is 3.52. The lowest BCUT2D eigenvalue weighted by atomic mass is 10.1. The molecule has 0 radical (unpaired) electrons. The van der Waals surface area contributed by atoms with Crippen molar-refractivity contribution in [3.8, 4) is 33.5 Å². The fraction of sp³-hybridized carbons (Fsp3) is 0.150. The lowest BCUT2D eigenvalue weighted by Gasteiger charge is -2.01. The maximum atomic E-state index is 12.5. The lowest BCUT2D eigenvalue weighted by Crippen LogP contribution is -2.23. The highest BCUT2D eigenvalue weighted by Gasteiger charge is 2.17. The maximum absolute atomic E-state index is 12.5. The summed E-state index contributed by atoms with van der Waals surface area (Å²) in [7, 11) is 0. The zero-order valence-electron chi connectivity index (χ0n) is 15.4. The van der Waals surface area contributed by atoms with E-state index in [0.717, 1.165) is 26.9 Å². The van der Waals surface area contributed by atoms with Crippen LogP contribution in [0.3, 0.4) is 0 Å². The molecule has 1 amide bonds. The largest absolute Gasteiger partial charge is 0.462 e. The summed E-state index contributed by atoms with van der Waals surface area (Å²) in [6.45, 7) is 2.51. The number of fused-ring (bicyclic) bond motifs is 1. The molecule has 0 aliphatic carbocycles. The summed E-state index contributed by atoms with van der Waals surface area (Å²) < 4.78 is 16.1. The minimum atomic E-state index is -0.239. The molecule has 1 aliphatic heterocycles. The Kier molecular flexibility index (Phi) is 4.28. The normalized spacial score (nSPS) is 12.3. The van der Waals surface area contributed by atoms with Crippen molar-refractivity contribution in [2.45, 2.75) is 13.5 Å². The second kappa shape index (κ2) is 7.10. The Morgan fingerprint density at radius 1 is 1.24 bits per heavy atom. The molecule has 1 aromatic carbocycles. The molecule has 9 heteroatoms. The third-order valence-electron chi connectivity index (χ3n) is 4.52. The SMILES string of the molecule is Cc1nc(-c2ccco2)sc1CNC(=O)c1cc(-c2ccc3c(c2)OCO3)n[nH]1. The number of rotatable bonds is 5. The number of nitrogens with one attached hydrogen (secondary N) is 2. The molecule has 4 aromatic rings. The monoisotopic (exact) mass is 408 g/mol. The average molecular weight is 408 g/mol. The van der Waals surface area contributed by atoms with Crippen molar-refractivity contribution in [2.75, 3.05) is 6.79 Å². The van der Waals surface area contributed by atoms with Crippen molar-refractivity contribution in [2.24, 2.45) is 0 Å². The molecule has 29 heavy (non-hydrogen) atoms.